The maximum Gasteiger partial charge on any atom is 0.300 e. The van der Waals surface area contributed by atoms with Crippen LogP contribution in [0.2, 0.25) is 5.02 Å². The van der Waals surface area contributed by atoms with E-state index in [1.54, 1.807) is 18.0 Å². The van der Waals surface area contributed by atoms with Crippen LogP contribution in [0.15, 0.2) is 53.6 Å². The van der Waals surface area contributed by atoms with Gasteiger partial charge in [0.25, 0.3) is 0 Å². The Hall–Kier alpha value is -3.52. The van der Waals surface area contributed by atoms with Crippen molar-refractivity contribution in [2.75, 3.05) is 12.4 Å². The Morgan fingerprint density at radius 1 is 1.12 bits per heavy atom. The Morgan fingerprint density at radius 2 is 1.88 bits per heavy atom. The average molecular weight is 468 g/mol. The maximum absolute atomic E-state index is 12.9. The highest BCUT2D eigenvalue weighted by atomic mass is 35.5. The molecule has 8 nitrogen and oxygen atoms in total. The Morgan fingerprint density at radius 3 is 2.55 bits per heavy atom. The van der Waals surface area contributed by atoms with Gasteiger partial charge in [-0.25, -0.2) is 4.98 Å². The van der Waals surface area contributed by atoms with Crippen LogP contribution in [0.25, 0.3) is 11.2 Å². The number of methoxy groups -OCH3 is 1. The summed E-state index contributed by atoms with van der Waals surface area (Å²) in [5, 5.41) is 3.92. The normalized spacial score (nSPS) is 11.2. The number of fused-ring (bicyclic) bond motifs is 1. The van der Waals surface area contributed by atoms with Crippen LogP contribution in [0.3, 0.4) is 0 Å². The van der Waals surface area contributed by atoms with Crippen LogP contribution in [-0.4, -0.2) is 32.3 Å². The lowest BCUT2D eigenvalue weighted by atomic mass is 10.2. The fourth-order valence-electron chi connectivity index (χ4n) is 3.58. The first-order chi connectivity index (χ1) is 15.9. The summed E-state index contributed by atoms with van der Waals surface area (Å²) in [5.41, 5.74) is 2.38. The van der Waals surface area contributed by atoms with Gasteiger partial charge in [0.1, 0.15) is 0 Å². The number of nitrogens with zero attached hydrogens (tertiary/aromatic N) is 4. The van der Waals surface area contributed by atoms with Gasteiger partial charge < -0.3 is 19.4 Å². The number of aromatic nitrogens is 4. The van der Waals surface area contributed by atoms with E-state index in [9.17, 15) is 4.79 Å². The molecule has 4 aromatic rings. The van der Waals surface area contributed by atoms with E-state index in [0.29, 0.717) is 52.4 Å². The topological polar surface area (TPSA) is 83.2 Å². The molecule has 0 aliphatic carbocycles. The van der Waals surface area contributed by atoms with Crippen molar-refractivity contribution in [2.45, 2.75) is 40.0 Å². The minimum atomic E-state index is -0.342. The number of hydrogen-bond acceptors (Lipinski definition) is 6. The molecule has 0 atom stereocenters. The summed E-state index contributed by atoms with van der Waals surface area (Å²) < 4.78 is 15.0. The molecule has 2 aromatic heterocycles. The van der Waals surface area contributed by atoms with Crippen molar-refractivity contribution in [1.29, 1.82) is 0 Å². The van der Waals surface area contributed by atoms with Crippen LogP contribution in [-0.2, 0) is 13.1 Å². The van der Waals surface area contributed by atoms with E-state index >= 15 is 0 Å². The van der Waals surface area contributed by atoms with E-state index in [0.717, 1.165) is 5.56 Å². The minimum absolute atomic E-state index is 0.0139. The molecule has 0 aliphatic rings. The molecule has 0 bridgehead atoms. The van der Waals surface area contributed by atoms with Crippen molar-refractivity contribution >= 4 is 34.4 Å². The average Bonchev–Trinajstić information content (AvgIpc) is 3.23. The zero-order valence-corrected chi connectivity index (χ0v) is 19.8. The van der Waals surface area contributed by atoms with E-state index in [1.165, 1.54) is 0 Å². The molecular weight excluding hydrogens is 442 g/mol. The Kier molecular flexibility index (Phi) is 6.55. The number of nitrogens with one attached hydrogen (secondary N) is 1. The third-order valence-electron chi connectivity index (χ3n) is 5.12. The summed E-state index contributed by atoms with van der Waals surface area (Å²) in [6, 6.07) is 13.0. The van der Waals surface area contributed by atoms with Gasteiger partial charge >= 0.3 is 5.56 Å². The van der Waals surface area contributed by atoms with Gasteiger partial charge in [-0.1, -0.05) is 23.7 Å². The summed E-state index contributed by atoms with van der Waals surface area (Å²) >= 11 is 6.05. The molecule has 9 heteroatoms. The van der Waals surface area contributed by atoms with Crippen molar-refractivity contribution < 1.29 is 9.47 Å². The van der Waals surface area contributed by atoms with Crippen LogP contribution >= 0.6 is 11.6 Å². The second-order valence-corrected chi connectivity index (χ2v) is 8.25. The van der Waals surface area contributed by atoms with Crippen molar-refractivity contribution in [3.05, 3.63) is 69.7 Å². The Balaban J connectivity index is 1.79. The van der Waals surface area contributed by atoms with Gasteiger partial charge in [0.05, 0.1) is 26.1 Å². The number of rotatable bonds is 8. The van der Waals surface area contributed by atoms with Crippen LogP contribution in [0.4, 0.5) is 11.6 Å². The first-order valence-corrected chi connectivity index (χ1v) is 11.1. The predicted molar refractivity (Wildman–Crippen MR) is 130 cm³/mol. The molecule has 0 saturated heterocycles. The number of imidazole rings is 1. The second kappa shape index (κ2) is 9.54. The van der Waals surface area contributed by atoms with Crippen molar-refractivity contribution in [3.63, 3.8) is 0 Å². The molecule has 4 rings (SSSR count). The minimum Gasteiger partial charge on any atom is -0.493 e. The van der Waals surface area contributed by atoms with E-state index in [4.69, 9.17) is 21.1 Å². The van der Waals surface area contributed by atoms with E-state index < -0.39 is 0 Å². The van der Waals surface area contributed by atoms with Crippen LogP contribution < -0.4 is 20.3 Å². The third-order valence-corrected chi connectivity index (χ3v) is 5.37. The highest BCUT2D eigenvalue weighted by molar-refractivity contribution is 6.30. The van der Waals surface area contributed by atoms with Crippen molar-refractivity contribution in [2.24, 2.45) is 0 Å². The quantitative estimate of drug-likeness (QED) is 0.398. The zero-order valence-electron chi connectivity index (χ0n) is 19.0. The van der Waals surface area contributed by atoms with Gasteiger partial charge in [-0.05, 0) is 50.6 Å². The lowest BCUT2D eigenvalue weighted by molar-refractivity contribution is 0.230. The number of anilines is 2. The molecule has 2 heterocycles. The first kappa shape index (κ1) is 22.7. The third kappa shape index (κ3) is 4.80. The zero-order chi connectivity index (χ0) is 23.5. The summed E-state index contributed by atoms with van der Waals surface area (Å²) in [6.45, 7) is 6.94. The fourth-order valence-corrected chi connectivity index (χ4v) is 3.71. The molecule has 1 N–H and O–H groups in total. The summed E-state index contributed by atoms with van der Waals surface area (Å²) in [5.74, 6) is 1.60. The Bertz CT molecular complexity index is 1330. The monoisotopic (exact) mass is 467 g/mol. The molecule has 2 aromatic carbocycles. The van der Waals surface area contributed by atoms with Gasteiger partial charge in [0, 0.05) is 23.3 Å². The second-order valence-electron chi connectivity index (χ2n) is 7.81. The van der Waals surface area contributed by atoms with E-state index in [1.807, 2.05) is 67.8 Å². The van der Waals surface area contributed by atoms with Gasteiger partial charge in [0.2, 0.25) is 5.95 Å². The van der Waals surface area contributed by atoms with E-state index in [-0.39, 0.29) is 11.7 Å². The highest BCUT2D eigenvalue weighted by Gasteiger charge is 2.17. The molecule has 0 spiro atoms. The Labute approximate surface area is 196 Å². The SMILES string of the molecule is CCn1cnc2c1c(=O)nc(Nc1ccc(OC(C)C)c(OC)c1)n2Cc1ccc(Cl)cc1. The van der Waals surface area contributed by atoms with E-state index in [2.05, 4.69) is 15.3 Å². The lowest BCUT2D eigenvalue weighted by Crippen LogP contribution is -2.20. The maximum atomic E-state index is 12.9. The van der Waals surface area contributed by atoms with Gasteiger partial charge in [-0.2, -0.15) is 4.98 Å². The first-order valence-electron chi connectivity index (χ1n) is 10.7. The lowest BCUT2D eigenvalue weighted by Gasteiger charge is -2.17. The smallest absolute Gasteiger partial charge is 0.300 e. The number of halogens is 1. The van der Waals surface area contributed by atoms with Crippen molar-refractivity contribution in [1.82, 2.24) is 19.1 Å². The molecule has 0 amide bonds. The standard InChI is InChI=1S/C24H26ClN5O3/c1-5-29-14-26-22-21(29)23(31)28-24(30(22)13-16-6-8-17(25)9-7-16)27-18-10-11-19(33-15(2)3)20(12-18)32-4/h6-12,14-15H,5,13H2,1-4H3,(H,27,28,31). The summed E-state index contributed by atoms with van der Waals surface area (Å²) in [6.07, 6.45) is 1.68. The molecular formula is C24H26ClN5O3. The molecule has 0 saturated carbocycles. The summed E-state index contributed by atoms with van der Waals surface area (Å²) in [7, 11) is 1.59. The fraction of sp³-hybridized carbons (Fsp3) is 0.292. The molecule has 0 fully saturated rings. The highest BCUT2D eigenvalue weighted by Crippen LogP contribution is 2.32. The molecule has 0 aliphatic heterocycles. The van der Waals surface area contributed by atoms with Crippen LogP contribution in [0.5, 0.6) is 11.5 Å². The predicted octanol–water partition coefficient (Wildman–Crippen LogP) is 4.85. The number of ether oxygens (including phenoxy) is 2. The molecule has 172 valence electrons. The molecule has 0 unspecified atom stereocenters. The van der Waals surface area contributed by atoms with Crippen LogP contribution in [0, 0.1) is 0 Å². The largest absolute Gasteiger partial charge is 0.493 e. The van der Waals surface area contributed by atoms with Gasteiger partial charge in [0.15, 0.2) is 22.7 Å². The number of hydrogen-bond donors (Lipinski definition) is 1. The molecule has 0 radical (unpaired) electrons. The van der Waals surface area contributed by atoms with Crippen LogP contribution in [0.1, 0.15) is 26.3 Å². The van der Waals surface area contributed by atoms with Gasteiger partial charge in [-0.3, -0.25) is 9.36 Å². The van der Waals surface area contributed by atoms with Crippen molar-refractivity contribution in [3.8, 4) is 11.5 Å². The molecule has 33 heavy (non-hydrogen) atoms. The van der Waals surface area contributed by atoms with Gasteiger partial charge in [-0.15, -0.1) is 0 Å². The summed E-state index contributed by atoms with van der Waals surface area (Å²) in [4.78, 5) is 21.8. The number of benzene rings is 2. The number of aryl methyl sites for hydroxylation is 1.